The predicted octanol–water partition coefficient (Wildman–Crippen LogP) is 2.67. The molecule has 0 bridgehead atoms. The van der Waals surface area contributed by atoms with Gasteiger partial charge in [0.15, 0.2) is 0 Å². The Balaban J connectivity index is 2.10. The molecule has 0 aromatic heterocycles. The van der Waals surface area contributed by atoms with Crippen molar-refractivity contribution < 1.29 is 17.9 Å². The number of rotatable bonds is 8. The lowest BCUT2D eigenvalue weighted by Crippen LogP contribution is -2.36. The summed E-state index contributed by atoms with van der Waals surface area (Å²) in [7, 11) is -3.68. The molecular formula is C17H25ClN2O4S. The molecule has 1 aromatic rings. The average molecular weight is 389 g/mol. The maximum atomic E-state index is 12.8. The number of hydrogen-bond donors (Lipinski definition) is 1. The van der Waals surface area contributed by atoms with E-state index < -0.39 is 10.0 Å². The maximum Gasteiger partial charge on any atom is 0.251 e. The highest BCUT2D eigenvalue weighted by atomic mass is 35.5. The van der Waals surface area contributed by atoms with Crippen molar-refractivity contribution >= 4 is 27.5 Å². The van der Waals surface area contributed by atoms with Gasteiger partial charge in [-0.15, -0.1) is 0 Å². The van der Waals surface area contributed by atoms with Gasteiger partial charge in [-0.3, -0.25) is 4.79 Å². The van der Waals surface area contributed by atoms with E-state index in [1.807, 2.05) is 6.92 Å². The third kappa shape index (κ3) is 5.41. The Bertz CT molecular complexity index is 688. The molecule has 1 N–H and O–H groups in total. The Morgan fingerprint density at radius 2 is 2.00 bits per heavy atom. The van der Waals surface area contributed by atoms with Crippen LogP contribution < -0.4 is 5.32 Å². The number of ether oxygens (including phenoxy) is 1. The SMILES string of the molecule is CCOCCCNC(=O)c1ccc(Cl)c(S(=O)(=O)N2CCCCC2)c1. The Kier molecular flexibility index (Phi) is 7.68. The minimum atomic E-state index is -3.68. The number of nitrogens with zero attached hydrogens (tertiary/aromatic N) is 1. The Morgan fingerprint density at radius 3 is 2.68 bits per heavy atom. The molecule has 1 amide bonds. The molecule has 2 rings (SSSR count). The normalized spacial score (nSPS) is 15.9. The van der Waals surface area contributed by atoms with E-state index in [-0.39, 0.29) is 21.4 Å². The van der Waals surface area contributed by atoms with Crippen molar-refractivity contribution in [2.24, 2.45) is 0 Å². The molecule has 1 saturated heterocycles. The number of piperidine rings is 1. The number of nitrogens with one attached hydrogen (secondary N) is 1. The summed E-state index contributed by atoms with van der Waals surface area (Å²) in [6.45, 7) is 4.58. The molecule has 0 spiro atoms. The summed E-state index contributed by atoms with van der Waals surface area (Å²) in [4.78, 5) is 12.2. The van der Waals surface area contributed by atoms with Crippen LogP contribution in [0.15, 0.2) is 23.1 Å². The summed E-state index contributed by atoms with van der Waals surface area (Å²) >= 11 is 6.11. The molecule has 140 valence electrons. The van der Waals surface area contributed by atoms with Crippen LogP contribution >= 0.6 is 11.6 Å². The molecule has 6 nitrogen and oxygen atoms in total. The van der Waals surface area contributed by atoms with Gasteiger partial charge in [-0.05, 0) is 44.4 Å². The Hall–Kier alpha value is -1.15. The van der Waals surface area contributed by atoms with Gasteiger partial charge in [0.25, 0.3) is 5.91 Å². The van der Waals surface area contributed by atoms with Crippen molar-refractivity contribution in [3.05, 3.63) is 28.8 Å². The summed E-state index contributed by atoms with van der Waals surface area (Å²) in [6, 6.07) is 4.37. The van der Waals surface area contributed by atoms with E-state index in [0.29, 0.717) is 39.3 Å². The van der Waals surface area contributed by atoms with Gasteiger partial charge in [0, 0.05) is 38.4 Å². The number of carbonyl (C=O) groups excluding carboxylic acids is 1. The zero-order valence-corrected chi connectivity index (χ0v) is 16.0. The minimum absolute atomic E-state index is 0.00182. The lowest BCUT2D eigenvalue weighted by Gasteiger charge is -2.26. The van der Waals surface area contributed by atoms with E-state index in [2.05, 4.69) is 5.32 Å². The monoisotopic (exact) mass is 388 g/mol. The molecule has 0 saturated carbocycles. The van der Waals surface area contributed by atoms with E-state index in [4.69, 9.17) is 16.3 Å². The number of hydrogen-bond acceptors (Lipinski definition) is 4. The molecule has 0 radical (unpaired) electrons. The highest BCUT2D eigenvalue weighted by molar-refractivity contribution is 7.89. The van der Waals surface area contributed by atoms with Crippen molar-refractivity contribution in [2.45, 2.75) is 37.5 Å². The third-order valence-corrected chi connectivity index (χ3v) is 6.46. The van der Waals surface area contributed by atoms with Crippen LogP contribution in [-0.2, 0) is 14.8 Å². The number of sulfonamides is 1. The van der Waals surface area contributed by atoms with Crippen LogP contribution in [0.25, 0.3) is 0 Å². The second-order valence-electron chi connectivity index (χ2n) is 5.92. The van der Waals surface area contributed by atoms with E-state index >= 15 is 0 Å². The van der Waals surface area contributed by atoms with Gasteiger partial charge in [-0.25, -0.2) is 8.42 Å². The van der Waals surface area contributed by atoms with Gasteiger partial charge in [0.05, 0.1) is 5.02 Å². The highest BCUT2D eigenvalue weighted by Gasteiger charge is 2.28. The first-order valence-electron chi connectivity index (χ1n) is 8.62. The molecule has 0 unspecified atom stereocenters. The fraction of sp³-hybridized carbons (Fsp3) is 0.588. The van der Waals surface area contributed by atoms with Crippen molar-refractivity contribution in [1.82, 2.24) is 9.62 Å². The number of benzene rings is 1. The van der Waals surface area contributed by atoms with Gasteiger partial charge < -0.3 is 10.1 Å². The summed E-state index contributed by atoms with van der Waals surface area (Å²) in [6.07, 6.45) is 3.42. The number of amides is 1. The van der Waals surface area contributed by atoms with E-state index in [9.17, 15) is 13.2 Å². The van der Waals surface area contributed by atoms with Crippen LogP contribution in [0.5, 0.6) is 0 Å². The van der Waals surface area contributed by atoms with Crippen molar-refractivity contribution in [3.63, 3.8) is 0 Å². The van der Waals surface area contributed by atoms with Gasteiger partial charge in [0.1, 0.15) is 4.90 Å². The topological polar surface area (TPSA) is 75.7 Å². The molecule has 1 heterocycles. The Labute approximate surface area is 154 Å². The second-order valence-corrected chi connectivity index (χ2v) is 8.23. The van der Waals surface area contributed by atoms with Gasteiger partial charge >= 0.3 is 0 Å². The quantitative estimate of drug-likeness (QED) is 0.694. The lowest BCUT2D eigenvalue weighted by atomic mass is 10.2. The van der Waals surface area contributed by atoms with Crippen LogP contribution in [-0.4, -0.2) is 51.5 Å². The molecule has 8 heteroatoms. The van der Waals surface area contributed by atoms with Crippen LogP contribution in [0.2, 0.25) is 5.02 Å². The van der Waals surface area contributed by atoms with E-state index in [1.54, 1.807) is 0 Å². The highest BCUT2D eigenvalue weighted by Crippen LogP contribution is 2.27. The van der Waals surface area contributed by atoms with Gasteiger partial charge in [-0.2, -0.15) is 4.31 Å². The van der Waals surface area contributed by atoms with Crippen LogP contribution in [0.1, 0.15) is 43.0 Å². The maximum absolute atomic E-state index is 12.8. The molecule has 0 aliphatic carbocycles. The molecule has 1 aliphatic heterocycles. The molecule has 1 fully saturated rings. The van der Waals surface area contributed by atoms with Crippen LogP contribution in [0.4, 0.5) is 0 Å². The molecule has 1 aliphatic rings. The standard InChI is InChI=1S/C17H25ClN2O4S/c1-2-24-12-6-9-19-17(21)14-7-8-15(18)16(13-14)25(22,23)20-10-4-3-5-11-20/h7-8,13H,2-6,9-12H2,1H3,(H,19,21). The van der Waals surface area contributed by atoms with Crippen LogP contribution in [0.3, 0.4) is 0 Å². The minimum Gasteiger partial charge on any atom is -0.382 e. The lowest BCUT2D eigenvalue weighted by molar-refractivity contribution is 0.0944. The summed E-state index contributed by atoms with van der Waals surface area (Å²) in [5.41, 5.74) is 0.288. The van der Waals surface area contributed by atoms with E-state index in [1.165, 1.54) is 22.5 Å². The molecular weight excluding hydrogens is 364 g/mol. The van der Waals surface area contributed by atoms with Crippen molar-refractivity contribution in [1.29, 1.82) is 0 Å². The van der Waals surface area contributed by atoms with Gasteiger partial charge in [-0.1, -0.05) is 18.0 Å². The van der Waals surface area contributed by atoms with Crippen LogP contribution in [0, 0.1) is 0 Å². The molecule has 0 atom stereocenters. The largest absolute Gasteiger partial charge is 0.382 e. The first-order chi connectivity index (χ1) is 12.0. The molecule has 1 aromatic carbocycles. The van der Waals surface area contributed by atoms with Crippen molar-refractivity contribution in [2.75, 3.05) is 32.8 Å². The summed E-state index contributed by atoms with van der Waals surface area (Å²) in [5, 5.41) is 2.90. The van der Waals surface area contributed by atoms with E-state index in [0.717, 1.165) is 19.3 Å². The Morgan fingerprint density at radius 1 is 1.28 bits per heavy atom. The summed E-state index contributed by atoms with van der Waals surface area (Å²) in [5.74, 6) is -0.316. The fourth-order valence-electron chi connectivity index (χ4n) is 2.71. The van der Waals surface area contributed by atoms with Crippen molar-refractivity contribution in [3.8, 4) is 0 Å². The summed E-state index contributed by atoms with van der Waals surface area (Å²) < 4.78 is 32.3. The predicted molar refractivity (Wildman–Crippen MR) is 97.5 cm³/mol. The first kappa shape index (κ1) is 20.2. The van der Waals surface area contributed by atoms with Gasteiger partial charge in [0.2, 0.25) is 10.0 Å². The third-order valence-electron chi connectivity index (χ3n) is 4.08. The zero-order valence-electron chi connectivity index (χ0n) is 14.5. The average Bonchev–Trinajstić information content (AvgIpc) is 2.62. The molecule has 25 heavy (non-hydrogen) atoms. The zero-order chi connectivity index (χ0) is 18.3. The fourth-order valence-corrected chi connectivity index (χ4v) is 4.73. The second kappa shape index (κ2) is 9.52. The number of carbonyl (C=O) groups is 1. The first-order valence-corrected chi connectivity index (χ1v) is 10.4. The number of halogens is 1. The smallest absolute Gasteiger partial charge is 0.251 e.